The number of aromatic nitrogens is 4. The third kappa shape index (κ3) is 10.3. The molecule has 3 aromatic carbocycles. The summed E-state index contributed by atoms with van der Waals surface area (Å²) in [7, 11) is 1.70. The van der Waals surface area contributed by atoms with Gasteiger partial charge < -0.3 is 28.7 Å². The fourth-order valence-corrected chi connectivity index (χ4v) is 9.99. The average Bonchev–Trinajstić information content (AvgIpc) is 3.90. The molecule has 0 bridgehead atoms. The summed E-state index contributed by atoms with van der Waals surface area (Å²) >= 11 is 0. The number of quaternary nitrogens is 1. The molecule has 1 fully saturated rings. The highest BCUT2D eigenvalue weighted by molar-refractivity contribution is 7.39. The number of alkyl halides is 3. The van der Waals surface area contributed by atoms with E-state index < -0.39 is 56.1 Å². The van der Waals surface area contributed by atoms with Crippen molar-refractivity contribution in [2.45, 2.75) is 90.3 Å². The molecule has 20 heteroatoms. The molecule has 16 nitrogen and oxygen atoms in total. The zero-order valence-electron chi connectivity index (χ0n) is 38.4. The molecule has 5 aromatic rings. The van der Waals surface area contributed by atoms with Crippen molar-refractivity contribution >= 4 is 37.5 Å². The Morgan fingerprint density at radius 3 is 2.02 bits per heavy atom. The van der Waals surface area contributed by atoms with Gasteiger partial charge in [0.05, 0.1) is 45.8 Å². The van der Waals surface area contributed by atoms with Gasteiger partial charge in [0.25, 0.3) is 5.56 Å². The van der Waals surface area contributed by atoms with Gasteiger partial charge in [-0.05, 0) is 68.7 Å². The number of aromatic amines is 1. The van der Waals surface area contributed by atoms with E-state index in [0.717, 1.165) is 23.7 Å². The van der Waals surface area contributed by atoms with Crippen molar-refractivity contribution < 1.29 is 55.4 Å². The lowest BCUT2D eigenvalue weighted by atomic mass is 9.80. The maximum atomic E-state index is 13.5. The van der Waals surface area contributed by atoms with Crippen molar-refractivity contribution in [3.63, 3.8) is 0 Å². The number of carbonyl (C=O) groups excluding carboxylic acids is 2. The topological polar surface area (TPSA) is 179 Å². The fraction of sp³-hybridized carbons (Fsp3) is 0.457. The number of hydrogen-bond acceptors (Lipinski definition) is 11. The van der Waals surface area contributed by atoms with Crippen molar-refractivity contribution in [1.29, 1.82) is 0 Å². The first kappa shape index (κ1) is 50.0. The summed E-state index contributed by atoms with van der Waals surface area (Å²) in [6, 6.07) is 23.8. The summed E-state index contributed by atoms with van der Waals surface area (Å²) in [5.41, 5.74) is 0.450. The summed E-state index contributed by atoms with van der Waals surface area (Å²) in [5.74, 6) is -1.62. The second-order valence-electron chi connectivity index (χ2n) is 17.0. The molecule has 2 amide bonds. The van der Waals surface area contributed by atoms with Gasteiger partial charge in [-0.1, -0.05) is 68.4 Å². The highest BCUT2D eigenvalue weighted by Crippen LogP contribution is 2.53. The van der Waals surface area contributed by atoms with E-state index >= 15 is 0 Å². The lowest BCUT2D eigenvalue weighted by molar-refractivity contribution is -0.861. The number of likely N-dealkylation sites (N-methyl/N-ethyl adjacent to an activating group) is 1. The first-order valence-corrected chi connectivity index (χ1v) is 22.7. The molecule has 1 unspecified atom stereocenters. The molecule has 66 heavy (non-hydrogen) atoms. The normalized spacial score (nSPS) is 17.4. The van der Waals surface area contributed by atoms with E-state index in [1.165, 1.54) is 6.33 Å². The number of benzene rings is 3. The smallest absolute Gasteiger partial charge is 0.471 e. The number of halogens is 3. The number of H-pyrrole nitrogens is 1. The monoisotopic (exact) mass is 940 g/mol. The Bertz CT molecular complexity index is 2430. The van der Waals surface area contributed by atoms with Crippen LogP contribution in [-0.2, 0) is 29.2 Å². The van der Waals surface area contributed by atoms with Gasteiger partial charge in [-0.25, -0.2) is 4.98 Å². The summed E-state index contributed by atoms with van der Waals surface area (Å²) < 4.78 is 73.6. The van der Waals surface area contributed by atoms with Crippen LogP contribution in [0.2, 0.25) is 0 Å². The SMILES string of the molecule is COc1ccc(C(OC[C@H]2O[C@@H](n3cnc4c(=O)[nH]c(NC(=O)C(C)C)nc43)C[C@@H]2OP(O)[N+](CCN(C)C(=O)C(F)(F)F)(C(C)C)C(C)C)(c2ccccc2)c2ccc(OC)cc2)cc1. The number of nitrogens with one attached hydrogen (secondary N) is 2. The standard InChI is InChI=1S/C46H57F3N7O9P/c1-28(2)41(57)52-44-51-40-39(42(58)53-44)50-27-55(40)38-25-36(65-66(60)56(29(3)4,30(5)6)24-23-54(7)43(59)46(47,48)49)37(64-38)26-63-45(31-13-11-10-12-14-31,32-15-19-34(61-8)20-16-32)33-17-21-35(62-9)22-18-33/h10-22,27-30,36-38,60H,23-26H2,1-9H3,(H-,51,52,53,57,58)/p+1/t36-,37+,38+,66?/m0/s1. The van der Waals surface area contributed by atoms with E-state index in [1.807, 2.05) is 107 Å². The molecule has 2 aromatic heterocycles. The summed E-state index contributed by atoms with van der Waals surface area (Å²) in [4.78, 5) is 62.5. The number of methoxy groups -OCH3 is 2. The maximum Gasteiger partial charge on any atom is 0.471 e. The molecule has 3 heterocycles. The minimum Gasteiger partial charge on any atom is -0.497 e. The number of anilines is 1. The number of imidazole rings is 1. The molecule has 0 saturated carbocycles. The first-order chi connectivity index (χ1) is 31.3. The van der Waals surface area contributed by atoms with Gasteiger partial charge in [-0.3, -0.25) is 38.0 Å². The Morgan fingerprint density at radius 2 is 1.50 bits per heavy atom. The molecular formula is C46H58F3N7O9P+. The summed E-state index contributed by atoms with van der Waals surface area (Å²) in [6.45, 7) is 10.2. The number of carbonyl (C=O) groups is 2. The van der Waals surface area contributed by atoms with E-state index in [9.17, 15) is 32.4 Å². The lowest BCUT2D eigenvalue weighted by Crippen LogP contribution is -2.57. The van der Waals surface area contributed by atoms with E-state index in [0.29, 0.717) is 16.4 Å². The number of ether oxygens (including phenoxy) is 4. The largest absolute Gasteiger partial charge is 0.497 e. The van der Waals surface area contributed by atoms with Crippen molar-refractivity contribution in [2.24, 2.45) is 5.92 Å². The Balaban J connectivity index is 1.44. The maximum absolute atomic E-state index is 13.5. The Hall–Kier alpha value is -5.43. The molecular weight excluding hydrogens is 883 g/mol. The van der Waals surface area contributed by atoms with Crippen molar-refractivity contribution in [1.82, 2.24) is 24.4 Å². The van der Waals surface area contributed by atoms with Crippen molar-refractivity contribution in [3.8, 4) is 11.5 Å². The molecule has 6 rings (SSSR count). The highest BCUT2D eigenvalue weighted by Gasteiger charge is 2.51. The van der Waals surface area contributed by atoms with E-state index in [4.69, 9.17) is 23.5 Å². The van der Waals surface area contributed by atoms with Crippen LogP contribution in [0.4, 0.5) is 19.1 Å². The van der Waals surface area contributed by atoms with Gasteiger partial charge in [0, 0.05) is 19.4 Å². The zero-order chi connectivity index (χ0) is 48.1. The van der Waals surface area contributed by atoms with Crippen LogP contribution in [0.3, 0.4) is 0 Å². The second-order valence-corrected chi connectivity index (χ2v) is 18.4. The quantitative estimate of drug-likeness (QED) is 0.0560. The number of fused-ring (bicyclic) bond motifs is 1. The van der Waals surface area contributed by atoms with E-state index in [2.05, 4.69) is 20.3 Å². The van der Waals surface area contributed by atoms with Crippen LogP contribution in [0.5, 0.6) is 11.5 Å². The summed E-state index contributed by atoms with van der Waals surface area (Å²) in [5, 5.41) is 2.63. The average molecular weight is 941 g/mol. The number of rotatable bonds is 19. The number of nitrogens with zero attached hydrogens (tertiary/aromatic N) is 5. The van der Waals surface area contributed by atoms with Gasteiger partial charge in [-0.15, -0.1) is 0 Å². The first-order valence-electron chi connectivity index (χ1n) is 21.5. The number of amides is 2. The van der Waals surface area contributed by atoms with Crippen LogP contribution in [0, 0.1) is 5.92 Å². The van der Waals surface area contributed by atoms with Crippen LogP contribution in [0.25, 0.3) is 11.2 Å². The molecule has 4 atom stereocenters. The molecule has 1 aliphatic heterocycles. The zero-order valence-corrected chi connectivity index (χ0v) is 39.3. The molecule has 0 spiro atoms. The molecule has 356 valence electrons. The third-order valence-electron chi connectivity index (χ3n) is 12.0. The van der Waals surface area contributed by atoms with E-state index in [-0.39, 0.29) is 65.5 Å². The summed E-state index contributed by atoms with van der Waals surface area (Å²) in [6.07, 6.45) is -6.41. The highest BCUT2D eigenvalue weighted by atomic mass is 31.2. The minimum absolute atomic E-state index is 0.0161. The van der Waals surface area contributed by atoms with Crippen LogP contribution in [0.1, 0.15) is 70.9 Å². The van der Waals surface area contributed by atoms with Crippen LogP contribution in [0.15, 0.2) is 90.0 Å². The number of hydrogen-bond donors (Lipinski definition) is 3. The predicted octanol–water partition coefficient (Wildman–Crippen LogP) is 7.29. The van der Waals surface area contributed by atoms with Crippen LogP contribution in [-0.4, -0.2) is 117 Å². The molecule has 0 radical (unpaired) electrons. The molecule has 1 saturated heterocycles. The van der Waals surface area contributed by atoms with Gasteiger partial charge in [-0.2, -0.15) is 18.2 Å². The van der Waals surface area contributed by atoms with Crippen LogP contribution >= 0.6 is 8.53 Å². The molecule has 0 aliphatic carbocycles. The minimum atomic E-state index is -5.07. The van der Waals surface area contributed by atoms with Gasteiger partial charge in [0.1, 0.15) is 42.1 Å². The van der Waals surface area contributed by atoms with Gasteiger partial charge >= 0.3 is 20.6 Å². The van der Waals surface area contributed by atoms with Gasteiger partial charge in [0.15, 0.2) is 11.2 Å². The van der Waals surface area contributed by atoms with Crippen molar-refractivity contribution in [3.05, 3.63) is 112 Å². The third-order valence-corrected chi connectivity index (χ3v) is 14.3. The Kier molecular flexibility index (Phi) is 15.6. The Morgan fingerprint density at radius 1 is 0.939 bits per heavy atom. The molecule has 3 N–H and O–H groups in total. The lowest BCUT2D eigenvalue weighted by Gasteiger charge is -2.47. The molecule has 1 aliphatic rings. The van der Waals surface area contributed by atoms with E-state index in [1.54, 1.807) is 32.6 Å². The fourth-order valence-electron chi connectivity index (χ4n) is 8.30. The van der Waals surface area contributed by atoms with Crippen molar-refractivity contribution in [2.75, 3.05) is 46.3 Å². The predicted molar refractivity (Wildman–Crippen MR) is 242 cm³/mol. The van der Waals surface area contributed by atoms with Crippen LogP contribution < -0.4 is 20.3 Å². The van der Waals surface area contributed by atoms with Gasteiger partial charge in [0.2, 0.25) is 11.9 Å². The second kappa shape index (κ2) is 20.6. The Labute approximate surface area is 382 Å².